The first-order valence-corrected chi connectivity index (χ1v) is 3.10. The van der Waals surface area contributed by atoms with Gasteiger partial charge in [-0.15, -0.1) is 0 Å². The van der Waals surface area contributed by atoms with E-state index in [1.165, 1.54) is 0 Å². The first-order chi connectivity index (χ1) is 4.33. The zero-order valence-electron chi connectivity index (χ0n) is 5.59. The molecule has 1 nitrogen and oxygen atoms in total. The van der Waals surface area contributed by atoms with Crippen molar-refractivity contribution in [1.82, 2.24) is 5.32 Å². The Morgan fingerprint density at radius 2 is 2.56 bits per heavy atom. The number of hydrogen-bond acceptors (Lipinski definition) is 1. The van der Waals surface area contributed by atoms with Gasteiger partial charge >= 0.3 is 0 Å². The van der Waals surface area contributed by atoms with Gasteiger partial charge in [-0.05, 0) is 19.1 Å². The topological polar surface area (TPSA) is 12.0 Å². The van der Waals surface area contributed by atoms with E-state index >= 15 is 0 Å². The van der Waals surface area contributed by atoms with Crippen LogP contribution in [0.1, 0.15) is 6.92 Å². The molecular weight excluding hydrogens is 110 g/mol. The summed E-state index contributed by atoms with van der Waals surface area (Å²) in [7, 11) is 0. The molecule has 0 saturated heterocycles. The minimum Gasteiger partial charge on any atom is -0.379 e. The molecule has 48 valence electrons. The van der Waals surface area contributed by atoms with Crippen LogP contribution in [0.5, 0.6) is 0 Å². The lowest BCUT2D eigenvalue weighted by Gasteiger charge is -2.14. The molecule has 1 aliphatic rings. The molecule has 0 bridgehead atoms. The smallest absolute Gasteiger partial charge is 0.0419 e. The van der Waals surface area contributed by atoms with Crippen molar-refractivity contribution in [3.05, 3.63) is 36.6 Å². The fourth-order valence-corrected chi connectivity index (χ4v) is 0.812. The Hall–Kier alpha value is -0.980. The summed E-state index contributed by atoms with van der Waals surface area (Å²) in [6, 6.07) is 0.447. The van der Waals surface area contributed by atoms with E-state index in [2.05, 4.69) is 24.9 Å². The van der Waals surface area contributed by atoms with Gasteiger partial charge in [0.15, 0.2) is 0 Å². The van der Waals surface area contributed by atoms with Crippen molar-refractivity contribution in [3.8, 4) is 0 Å². The summed E-state index contributed by atoms with van der Waals surface area (Å²) >= 11 is 0. The van der Waals surface area contributed by atoms with E-state index in [0.29, 0.717) is 6.04 Å². The SMILES string of the molecule is C=CC1=CC=CC(C)N1. The highest BCUT2D eigenvalue weighted by atomic mass is 14.9. The standard InChI is InChI=1S/C8H11N/c1-3-8-6-4-5-7(2)9-8/h3-7,9H,1H2,2H3. The Kier molecular flexibility index (Phi) is 1.73. The van der Waals surface area contributed by atoms with E-state index in [9.17, 15) is 0 Å². The fourth-order valence-electron chi connectivity index (χ4n) is 0.812. The summed E-state index contributed by atoms with van der Waals surface area (Å²) in [5.74, 6) is 0. The molecule has 0 aromatic rings. The first kappa shape index (κ1) is 6.14. The predicted molar refractivity (Wildman–Crippen MR) is 40.0 cm³/mol. The molecule has 0 amide bonds. The molecule has 0 saturated carbocycles. The molecule has 9 heavy (non-hydrogen) atoms. The van der Waals surface area contributed by atoms with Gasteiger partial charge in [0.05, 0.1) is 0 Å². The first-order valence-electron chi connectivity index (χ1n) is 3.10. The van der Waals surface area contributed by atoms with Crippen LogP contribution < -0.4 is 5.32 Å². The number of rotatable bonds is 1. The third-order valence-corrected chi connectivity index (χ3v) is 1.29. The van der Waals surface area contributed by atoms with Crippen LogP contribution in [0.25, 0.3) is 0 Å². The molecule has 1 rings (SSSR count). The number of allylic oxidation sites excluding steroid dienone is 3. The van der Waals surface area contributed by atoms with Gasteiger partial charge in [-0.3, -0.25) is 0 Å². The second-order valence-corrected chi connectivity index (χ2v) is 2.14. The Morgan fingerprint density at radius 3 is 3.00 bits per heavy atom. The predicted octanol–water partition coefficient (Wildman–Crippen LogP) is 1.60. The monoisotopic (exact) mass is 121 g/mol. The zero-order chi connectivity index (χ0) is 6.69. The van der Waals surface area contributed by atoms with Crippen LogP contribution in [0.2, 0.25) is 0 Å². The Labute approximate surface area is 55.8 Å². The van der Waals surface area contributed by atoms with Crippen LogP contribution in [-0.4, -0.2) is 6.04 Å². The summed E-state index contributed by atoms with van der Waals surface area (Å²) in [6.07, 6.45) is 7.97. The minimum atomic E-state index is 0.447. The molecule has 0 aliphatic carbocycles. The zero-order valence-corrected chi connectivity index (χ0v) is 5.59. The third kappa shape index (κ3) is 1.46. The number of hydrogen-bond donors (Lipinski definition) is 1. The van der Waals surface area contributed by atoms with Gasteiger partial charge in [-0.25, -0.2) is 0 Å². The Morgan fingerprint density at radius 1 is 1.78 bits per heavy atom. The van der Waals surface area contributed by atoms with Crippen molar-refractivity contribution in [2.24, 2.45) is 0 Å². The molecule has 0 fully saturated rings. The van der Waals surface area contributed by atoms with E-state index in [4.69, 9.17) is 0 Å². The summed E-state index contributed by atoms with van der Waals surface area (Å²) in [5, 5.41) is 3.22. The van der Waals surface area contributed by atoms with E-state index in [1.54, 1.807) is 0 Å². The third-order valence-electron chi connectivity index (χ3n) is 1.29. The molecule has 0 spiro atoms. The van der Waals surface area contributed by atoms with Gasteiger partial charge in [0.1, 0.15) is 0 Å². The summed E-state index contributed by atoms with van der Waals surface area (Å²) < 4.78 is 0. The highest BCUT2D eigenvalue weighted by Crippen LogP contribution is 2.00. The number of nitrogens with one attached hydrogen (secondary N) is 1. The molecular formula is C8H11N. The van der Waals surface area contributed by atoms with Crippen molar-refractivity contribution in [2.75, 3.05) is 0 Å². The van der Waals surface area contributed by atoms with Crippen molar-refractivity contribution < 1.29 is 0 Å². The molecule has 1 atom stereocenters. The van der Waals surface area contributed by atoms with Crippen LogP contribution in [0.4, 0.5) is 0 Å². The second kappa shape index (κ2) is 2.53. The van der Waals surface area contributed by atoms with Crippen LogP contribution in [0, 0.1) is 0 Å². The second-order valence-electron chi connectivity index (χ2n) is 2.14. The van der Waals surface area contributed by atoms with Gasteiger partial charge in [0, 0.05) is 11.7 Å². The fraction of sp³-hybridized carbons (Fsp3) is 0.250. The lowest BCUT2D eigenvalue weighted by molar-refractivity contribution is 0.734. The van der Waals surface area contributed by atoms with E-state index in [-0.39, 0.29) is 0 Å². The lowest BCUT2D eigenvalue weighted by Crippen LogP contribution is -2.23. The molecule has 1 heterocycles. The minimum absolute atomic E-state index is 0.447. The van der Waals surface area contributed by atoms with Crippen LogP contribution in [0.15, 0.2) is 36.6 Å². The molecule has 0 radical (unpaired) electrons. The molecule has 1 heteroatoms. The van der Waals surface area contributed by atoms with Gasteiger partial charge in [-0.1, -0.05) is 18.7 Å². The van der Waals surface area contributed by atoms with Crippen molar-refractivity contribution in [1.29, 1.82) is 0 Å². The normalized spacial score (nSPS) is 24.6. The van der Waals surface area contributed by atoms with Gasteiger partial charge in [-0.2, -0.15) is 0 Å². The number of dihydropyridines is 1. The van der Waals surface area contributed by atoms with Crippen molar-refractivity contribution in [2.45, 2.75) is 13.0 Å². The maximum atomic E-state index is 3.65. The van der Waals surface area contributed by atoms with E-state index in [1.807, 2.05) is 18.2 Å². The molecule has 1 N–H and O–H groups in total. The lowest BCUT2D eigenvalue weighted by atomic mass is 10.2. The van der Waals surface area contributed by atoms with E-state index in [0.717, 1.165) is 5.70 Å². The highest BCUT2D eigenvalue weighted by Gasteiger charge is 1.98. The van der Waals surface area contributed by atoms with Gasteiger partial charge in [0.2, 0.25) is 0 Å². The molecule has 0 aromatic heterocycles. The van der Waals surface area contributed by atoms with Crippen LogP contribution >= 0.6 is 0 Å². The quantitative estimate of drug-likeness (QED) is 0.555. The van der Waals surface area contributed by atoms with Gasteiger partial charge in [0.25, 0.3) is 0 Å². The van der Waals surface area contributed by atoms with Gasteiger partial charge < -0.3 is 5.32 Å². The molecule has 1 aliphatic heterocycles. The van der Waals surface area contributed by atoms with Crippen molar-refractivity contribution >= 4 is 0 Å². The van der Waals surface area contributed by atoms with Crippen molar-refractivity contribution in [3.63, 3.8) is 0 Å². The van der Waals surface area contributed by atoms with Crippen LogP contribution in [-0.2, 0) is 0 Å². The average molecular weight is 121 g/mol. The highest BCUT2D eigenvalue weighted by molar-refractivity contribution is 5.26. The van der Waals surface area contributed by atoms with E-state index < -0.39 is 0 Å². The molecule has 0 aromatic carbocycles. The Balaban J connectivity index is 2.65. The Bertz CT molecular complexity index is 165. The summed E-state index contributed by atoms with van der Waals surface area (Å²) in [4.78, 5) is 0. The summed E-state index contributed by atoms with van der Waals surface area (Å²) in [6.45, 7) is 5.76. The maximum Gasteiger partial charge on any atom is 0.0419 e. The van der Waals surface area contributed by atoms with Crippen LogP contribution in [0.3, 0.4) is 0 Å². The maximum absolute atomic E-state index is 3.65. The summed E-state index contributed by atoms with van der Waals surface area (Å²) in [5.41, 5.74) is 1.10. The largest absolute Gasteiger partial charge is 0.379 e. The molecule has 1 unspecified atom stereocenters. The average Bonchev–Trinajstić information content (AvgIpc) is 1.88.